The second-order valence-electron chi connectivity index (χ2n) is 2.31. The standard InChI is InChI=1S/C8H14N2O2/c1-3-4-5-10-8(11)7(9)6-12-2/h1,7H,4-6,9H2,2H3,(H,10,11). The lowest BCUT2D eigenvalue weighted by atomic mass is 10.3. The minimum atomic E-state index is -0.604. The summed E-state index contributed by atoms with van der Waals surface area (Å²) in [6.45, 7) is 0.689. The summed E-state index contributed by atoms with van der Waals surface area (Å²) in [7, 11) is 1.49. The lowest BCUT2D eigenvalue weighted by molar-refractivity contribution is -0.123. The molecule has 0 aromatic rings. The van der Waals surface area contributed by atoms with Crippen molar-refractivity contribution >= 4 is 5.91 Å². The van der Waals surface area contributed by atoms with Gasteiger partial charge in [0.05, 0.1) is 6.61 Å². The van der Waals surface area contributed by atoms with E-state index in [4.69, 9.17) is 16.9 Å². The van der Waals surface area contributed by atoms with Crippen LogP contribution in [-0.2, 0) is 9.53 Å². The Kier molecular flexibility index (Phi) is 6.07. The minimum Gasteiger partial charge on any atom is -0.383 e. The molecule has 4 nitrogen and oxygen atoms in total. The van der Waals surface area contributed by atoms with Crippen molar-refractivity contribution in [2.24, 2.45) is 5.73 Å². The molecule has 0 aliphatic carbocycles. The molecule has 0 radical (unpaired) electrons. The monoisotopic (exact) mass is 170 g/mol. The third-order valence-corrected chi connectivity index (χ3v) is 1.25. The quantitative estimate of drug-likeness (QED) is 0.415. The van der Waals surface area contributed by atoms with Crippen molar-refractivity contribution in [2.45, 2.75) is 12.5 Å². The van der Waals surface area contributed by atoms with E-state index in [1.807, 2.05) is 0 Å². The number of terminal acetylenes is 1. The molecule has 4 heteroatoms. The Morgan fingerprint density at radius 1 is 1.83 bits per heavy atom. The number of amides is 1. The highest BCUT2D eigenvalue weighted by Crippen LogP contribution is 1.80. The van der Waals surface area contributed by atoms with Crippen LogP contribution in [0.2, 0.25) is 0 Å². The molecule has 0 aromatic carbocycles. The molecule has 1 unspecified atom stereocenters. The fraction of sp³-hybridized carbons (Fsp3) is 0.625. The molecule has 0 saturated heterocycles. The van der Waals surface area contributed by atoms with Crippen molar-refractivity contribution in [1.82, 2.24) is 5.32 Å². The van der Waals surface area contributed by atoms with Crippen molar-refractivity contribution in [1.29, 1.82) is 0 Å². The van der Waals surface area contributed by atoms with Gasteiger partial charge < -0.3 is 15.8 Å². The Morgan fingerprint density at radius 2 is 2.50 bits per heavy atom. The number of hydrogen-bond acceptors (Lipinski definition) is 3. The van der Waals surface area contributed by atoms with Crippen molar-refractivity contribution in [2.75, 3.05) is 20.3 Å². The normalized spacial score (nSPS) is 11.8. The maximum atomic E-state index is 11.0. The number of carbonyl (C=O) groups is 1. The van der Waals surface area contributed by atoms with Crippen molar-refractivity contribution in [3.05, 3.63) is 0 Å². The van der Waals surface area contributed by atoms with Gasteiger partial charge in [0.1, 0.15) is 6.04 Å². The highest BCUT2D eigenvalue weighted by molar-refractivity contribution is 5.81. The van der Waals surface area contributed by atoms with Crippen LogP contribution in [0.15, 0.2) is 0 Å². The van der Waals surface area contributed by atoms with Crippen molar-refractivity contribution in [3.8, 4) is 12.3 Å². The summed E-state index contributed by atoms with van der Waals surface area (Å²) < 4.78 is 4.70. The van der Waals surface area contributed by atoms with E-state index in [9.17, 15) is 4.79 Å². The molecule has 0 spiro atoms. The van der Waals surface area contributed by atoms with Crippen LogP contribution in [0.25, 0.3) is 0 Å². The third kappa shape index (κ3) is 4.72. The van der Waals surface area contributed by atoms with Gasteiger partial charge in [0.25, 0.3) is 0 Å². The van der Waals surface area contributed by atoms with Gasteiger partial charge in [-0.25, -0.2) is 0 Å². The fourth-order valence-electron chi connectivity index (χ4n) is 0.644. The molecule has 12 heavy (non-hydrogen) atoms. The largest absolute Gasteiger partial charge is 0.383 e. The number of nitrogens with one attached hydrogen (secondary N) is 1. The molecule has 0 heterocycles. The van der Waals surface area contributed by atoms with Crippen molar-refractivity contribution < 1.29 is 9.53 Å². The molecule has 0 aromatic heterocycles. The van der Waals surface area contributed by atoms with Gasteiger partial charge in [-0.3, -0.25) is 4.79 Å². The second-order valence-corrected chi connectivity index (χ2v) is 2.31. The summed E-state index contributed by atoms with van der Waals surface area (Å²) in [5, 5.41) is 2.58. The second kappa shape index (κ2) is 6.65. The van der Waals surface area contributed by atoms with E-state index in [1.54, 1.807) is 0 Å². The SMILES string of the molecule is C#CCCNC(=O)C(N)COC. The molecular formula is C8H14N2O2. The molecule has 1 amide bonds. The van der Waals surface area contributed by atoms with Crippen LogP contribution < -0.4 is 11.1 Å². The van der Waals surface area contributed by atoms with Gasteiger partial charge in [0, 0.05) is 20.1 Å². The molecule has 3 N–H and O–H groups in total. The first-order valence-electron chi connectivity index (χ1n) is 3.68. The Hall–Kier alpha value is -1.05. The smallest absolute Gasteiger partial charge is 0.239 e. The minimum absolute atomic E-state index is 0.224. The van der Waals surface area contributed by atoms with Crippen LogP contribution in [0.5, 0.6) is 0 Å². The van der Waals surface area contributed by atoms with E-state index in [2.05, 4.69) is 11.2 Å². The first kappa shape index (κ1) is 11.0. The number of rotatable bonds is 5. The van der Waals surface area contributed by atoms with E-state index in [0.29, 0.717) is 13.0 Å². The first-order chi connectivity index (χ1) is 5.72. The van der Waals surface area contributed by atoms with E-state index in [1.165, 1.54) is 7.11 Å². The van der Waals surface area contributed by atoms with Crippen LogP contribution in [0.1, 0.15) is 6.42 Å². The predicted octanol–water partition coefficient (Wildman–Crippen LogP) is -0.900. The summed E-state index contributed by atoms with van der Waals surface area (Å²) >= 11 is 0. The average Bonchev–Trinajstić information content (AvgIpc) is 2.05. The molecule has 0 aliphatic rings. The third-order valence-electron chi connectivity index (χ3n) is 1.25. The molecule has 0 bridgehead atoms. The van der Waals surface area contributed by atoms with Gasteiger partial charge in [-0.2, -0.15) is 0 Å². The Labute approximate surface area is 72.5 Å². The maximum Gasteiger partial charge on any atom is 0.239 e. The maximum absolute atomic E-state index is 11.0. The number of ether oxygens (including phenoxy) is 1. The zero-order valence-electron chi connectivity index (χ0n) is 7.17. The number of carbonyl (C=O) groups excluding carboxylic acids is 1. The van der Waals surface area contributed by atoms with Crippen LogP contribution in [0, 0.1) is 12.3 Å². The summed E-state index contributed by atoms with van der Waals surface area (Å²) in [5.41, 5.74) is 5.42. The van der Waals surface area contributed by atoms with Gasteiger partial charge in [-0.1, -0.05) is 0 Å². The van der Waals surface area contributed by atoms with Crippen LogP contribution in [0.4, 0.5) is 0 Å². The van der Waals surface area contributed by atoms with Gasteiger partial charge in [0.15, 0.2) is 0 Å². The van der Waals surface area contributed by atoms with Crippen LogP contribution >= 0.6 is 0 Å². The van der Waals surface area contributed by atoms with E-state index < -0.39 is 6.04 Å². The lowest BCUT2D eigenvalue weighted by Crippen LogP contribution is -2.43. The number of hydrogen-bond donors (Lipinski definition) is 2. The molecular weight excluding hydrogens is 156 g/mol. The van der Waals surface area contributed by atoms with Crippen molar-refractivity contribution in [3.63, 3.8) is 0 Å². The average molecular weight is 170 g/mol. The Morgan fingerprint density at radius 3 is 3.00 bits per heavy atom. The summed E-state index contributed by atoms with van der Waals surface area (Å²) in [6.07, 6.45) is 5.51. The fourth-order valence-corrected chi connectivity index (χ4v) is 0.644. The van der Waals surface area contributed by atoms with Gasteiger partial charge in [-0.05, 0) is 0 Å². The molecule has 0 saturated carbocycles. The molecule has 1 atom stereocenters. The highest BCUT2D eigenvalue weighted by atomic mass is 16.5. The van der Waals surface area contributed by atoms with Crippen LogP contribution in [0.3, 0.4) is 0 Å². The zero-order valence-corrected chi connectivity index (χ0v) is 7.17. The van der Waals surface area contributed by atoms with E-state index >= 15 is 0 Å². The number of nitrogens with two attached hydrogens (primary N) is 1. The molecule has 68 valence electrons. The highest BCUT2D eigenvalue weighted by Gasteiger charge is 2.10. The summed E-state index contributed by atoms with van der Waals surface area (Å²) in [4.78, 5) is 11.0. The Bertz CT molecular complexity index is 174. The van der Waals surface area contributed by atoms with E-state index in [0.717, 1.165) is 0 Å². The topological polar surface area (TPSA) is 64.4 Å². The summed E-state index contributed by atoms with van der Waals surface area (Å²) in [5.74, 6) is 2.18. The zero-order chi connectivity index (χ0) is 9.40. The van der Waals surface area contributed by atoms with Gasteiger partial charge >= 0.3 is 0 Å². The molecule has 0 aliphatic heterocycles. The first-order valence-corrected chi connectivity index (χ1v) is 3.68. The lowest BCUT2D eigenvalue weighted by Gasteiger charge is -2.09. The van der Waals surface area contributed by atoms with E-state index in [-0.39, 0.29) is 12.5 Å². The summed E-state index contributed by atoms with van der Waals surface area (Å²) in [6, 6.07) is -0.604. The molecule has 0 rings (SSSR count). The predicted molar refractivity (Wildman–Crippen MR) is 46.3 cm³/mol. The Balaban J connectivity index is 3.51. The van der Waals surface area contributed by atoms with Crippen LogP contribution in [-0.4, -0.2) is 32.2 Å². The van der Waals surface area contributed by atoms with Gasteiger partial charge in [-0.15, -0.1) is 12.3 Å². The number of methoxy groups -OCH3 is 1. The van der Waals surface area contributed by atoms with Gasteiger partial charge in [0.2, 0.25) is 5.91 Å². The molecule has 0 fully saturated rings.